The predicted octanol–water partition coefficient (Wildman–Crippen LogP) is -2.41. The number of aliphatic hydroxyl groups excluding tert-OH is 4. The van der Waals surface area contributed by atoms with Gasteiger partial charge in [-0.25, -0.2) is 0 Å². The monoisotopic (exact) mass is 460 g/mol. The normalized spacial score (nSPS) is 25.7. The van der Waals surface area contributed by atoms with E-state index in [0.29, 0.717) is 5.56 Å². The SMILES string of the molecule is O=C(O)CC(O)(CC(=O)O)OC(=O)Cc1ccc(OC2O[C@@H](CO)[C@@H](O)[C@H](O)[C@@H]2O)cc1. The molecule has 1 fully saturated rings. The Morgan fingerprint density at radius 3 is 2.00 bits per heavy atom. The number of carbonyl (C=O) groups is 3. The summed E-state index contributed by atoms with van der Waals surface area (Å²) in [6.07, 6.45) is -9.97. The number of ether oxygens (including phenoxy) is 3. The summed E-state index contributed by atoms with van der Waals surface area (Å²) in [4.78, 5) is 33.7. The minimum absolute atomic E-state index is 0.139. The Bertz CT molecular complexity index is 790. The first-order valence-corrected chi connectivity index (χ1v) is 9.38. The van der Waals surface area contributed by atoms with E-state index in [1.54, 1.807) is 0 Å². The topological polar surface area (TPSA) is 221 Å². The van der Waals surface area contributed by atoms with E-state index in [1.807, 2.05) is 0 Å². The van der Waals surface area contributed by atoms with Gasteiger partial charge in [0.05, 0.1) is 13.0 Å². The summed E-state index contributed by atoms with van der Waals surface area (Å²) in [7, 11) is 0. The van der Waals surface area contributed by atoms with Crippen LogP contribution in [-0.2, 0) is 30.3 Å². The predicted molar refractivity (Wildman–Crippen MR) is 100 cm³/mol. The zero-order valence-corrected chi connectivity index (χ0v) is 16.6. The van der Waals surface area contributed by atoms with Crippen molar-refractivity contribution in [2.24, 2.45) is 0 Å². The molecule has 32 heavy (non-hydrogen) atoms. The van der Waals surface area contributed by atoms with E-state index in [-0.39, 0.29) is 5.75 Å². The van der Waals surface area contributed by atoms with Crippen molar-refractivity contribution in [3.05, 3.63) is 29.8 Å². The first kappa shape index (κ1) is 25.5. The van der Waals surface area contributed by atoms with Gasteiger partial charge in [-0.15, -0.1) is 0 Å². The molecule has 0 aromatic heterocycles. The van der Waals surface area contributed by atoms with E-state index >= 15 is 0 Å². The van der Waals surface area contributed by atoms with E-state index < -0.39 is 80.3 Å². The molecule has 0 saturated carbocycles. The number of benzene rings is 1. The van der Waals surface area contributed by atoms with Crippen LogP contribution in [0.1, 0.15) is 18.4 Å². The fourth-order valence-electron chi connectivity index (χ4n) is 3.01. The second-order valence-electron chi connectivity index (χ2n) is 7.20. The Labute approximate surface area is 181 Å². The van der Waals surface area contributed by atoms with Crippen LogP contribution >= 0.6 is 0 Å². The third kappa shape index (κ3) is 6.85. The van der Waals surface area contributed by atoms with Crippen LogP contribution in [0.4, 0.5) is 0 Å². The molecular formula is C19H24O13. The first-order valence-electron chi connectivity index (χ1n) is 9.38. The minimum atomic E-state index is -2.71. The van der Waals surface area contributed by atoms with Gasteiger partial charge in [-0.2, -0.15) is 0 Å². The summed E-state index contributed by atoms with van der Waals surface area (Å²) in [5.74, 6) is -6.76. The van der Waals surface area contributed by atoms with Crippen LogP contribution in [0.25, 0.3) is 0 Å². The molecule has 2 rings (SSSR count). The van der Waals surface area contributed by atoms with Gasteiger partial charge >= 0.3 is 17.9 Å². The molecule has 0 spiro atoms. The van der Waals surface area contributed by atoms with E-state index in [2.05, 4.69) is 4.74 Å². The average Bonchev–Trinajstić information content (AvgIpc) is 2.68. The molecule has 0 amide bonds. The molecule has 1 aliphatic heterocycles. The van der Waals surface area contributed by atoms with Gasteiger partial charge in [0.1, 0.15) is 43.0 Å². The number of hydrogen-bond acceptors (Lipinski definition) is 11. The van der Waals surface area contributed by atoms with Crippen LogP contribution < -0.4 is 4.74 Å². The van der Waals surface area contributed by atoms with E-state index in [9.17, 15) is 39.9 Å². The van der Waals surface area contributed by atoms with Gasteiger partial charge in [0, 0.05) is 0 Å². The quantitative estimate of drug-likeness (QED) is 0.143. The maximum atomic E-state index is 12.0. The standard InChI is InChI=1S/C19H24O13/c20-8-11-15(26)16(27)17(28)18(31-11)30-10-3-1-9(2-4-10)5-14(25)32-19(29,6-12(21)22)7-13(23)24/h1-4,11,15-18,20,26-29H,5-8H2,(H,21,22)(H,23,24)/t11-,15+,16-,17-,18?/m0/s1. The Kier molecular flexibility index (Phi) is 8.49. The van der Waals surface area contributed by atoms with Gasteiger partial charge in [-0.3, -0.25) is 14.4 Å². The molecular weight excluding hydrogens is 436 g/mol. The molecule has 1 unspecified atom stereocenters. The number of aliphatic carboxylic acids is 2. The van der Waals surface area contributed by atoms with Crippen LogP contribution in [0.5, 0.6) is 5.75 Å². The molecule has 1 heterocycles. The third-order valence-corrected chi connectivity index (χ3v) is 4.53. The Morgan fingerprint density at radius 1 is 0.938 bits per heavy atom. The van der Waals surface area contributed by atoms with Gasteiger partial charge in [-0.05, 0) is 17.7 Å². The second-order valence-corrected chi connectivity index (χ2v) is 7.20. The van der Waals surface area contributed by atoms with Crippen molar-refractivity contribution < 1.29 is 64.3 Å². The van der Waals surface area contributed by atoms with E-state index in [0.717, 1.165) is 0 Å². The Balaban J connectivity index is 1.99. The fourth-order valence-corrected chi connectivity index (χ4v) is 3.01. The summed E-state index contributed by atoms with van der Waals surface area (Å²) in [6, 6.07) is 5.53. The average molecular weight is 460 g/mol. The summed E-state index contributed by atoms with van der Waals surface area (Å²) in [5.41, 5.74) is 0.337. The fraction of sp³-hybridized carbons (Fsp3) is 0.526. The largest absolute Gasteiger partial charge is 0.481 e. The van der Waals surface area contributed by atoms with E-state index in [1.165, 1.54) is 24.3 Å². The van der Waals surface area contributed by atoms with Crippen molar-refractivity contribution in [3.63, 3.8) is 0 Å². The number of rotatable bonds is 10. The first-order chi connectivity index (χ1) is 14.9. The third-order valence-electron chi connectivity index (χ3n) is 4.53. The number of carboxylic acid groups (broad SMARTS) is 2. The zero-order valence-electron chi connectivity index (χ0n) is 16.6. The van der Waals surface area contributed by atoms with Gasteiger partial charge in [0.2, 0.25) is 12.1 Å². The molecule has 178 valence electrons. The summed E-state index contributed by atoms with van der Waals surface area (Å²) >= 11 is 0. The molecule has 0 bridgehead atoms. The molecule has 7 N–H and O–H groups in total. The highest BCUT2D eigenvalue weighted by Gasteiger charge is 2.44. The Morgan fingerprint density at radius 2 is 1.50 bits per heavy atom. The molecule has 1 saturated heterocycles. The van der Waals surface area contributed by atoms with Crippen molar-refractivity contribution in [2.75, 3.05) is 6.61 Å². The lowest BCUT2D eigenvalue weighted by atomic mass is 9.99. The van der Waals surface area contributed by atoms with Crippen molar-refractivity contribution in [1.82, 2.24) is 0 Å². The molecule has 0 aliphatic carbocycles. The lowest BCUT2D eigenvalue weighted by Gasteiger charge is -2.39. The van der Waals surface area contributed by atoms with E-state index in [4.69, 9.17) is 19.7 Å². The summed E-state index contributed by atoms with van der Waals surface area (Å²) < 4.78 is 15.3. The molecule has 13 nitrogen and oxygen atoms in total. The number of carbonyl (C=O) groups excluding carboxylic acids is 1. The van der Waals surface area contributed by atoms with Crippen molar-refractivity contribution in [1.29, 1.82) is 0 Å². The van der Waals surface area contributed by atoms with Crippen LogP contribution in [0.3, 0.4) is 0 Å². The van der Waals surface area contributed by atoms with Crippen molar-refractivity contribution in [2.45, 2.75) is 55.8 Å². The Hall–Kier alpha value is -2.81. The summed E-state index contributed by atoms with van der Waals surface area (Å²) in [5, 5.41) is 66.3. The highest BCUT2D eigenvalue weighted by Crippen LogP contribution is 2.25. The molecule has 1 aliphatic rings. The lowest BCUT2D eigenvalue weighted by molar-refractivity contribution is -0.277. The van der Waals surface area contributed by atoms with Gasteiger partial charge in [-0.1, -0.05) is 12.1 Å². The lowest BCUT2D eigenvalue weighted by Crippen LogP contribution is -2.60. The maximum Gasteiger partial charge on any atom is 0.312 e. The number of aliphatic hydroxyl groups is 5. The number of esters is 1. The highest BCUT2D eigenvalue weighted by molar-refractivity contribution is 5.76. The smallest absolute Gasteiger partial charge is 0.312 e. The van der Waals surface area contributed by atoms with Crippen LogP contribution in [0.2, 0.25) is 0 Å². The number of hydrogen-bond donors (Lipinski definition) is 7. The summed E-state index contributed by atoms with van der Waals surface area (Å²) in [6.45, 7) is -0.623. The van der Waals surface area contributed by atoms with Crippen molar-refractivity contribution in [3.8, 4) is 5.75 Å². The zero-order chi connectivity index (χ0) is 24.1. The van der Waals surface area contributed by atoms with Crippen LogP contribution in [0, 0.1) is 0 Å². The molecule has 0 radical (unpaired) electrons. The van der Waals surface area contributed by atoms with Crippen LogP contribution in [0.15, 0.2) is 24.3 Å². The molecule has 1 aromatic rings. The molecule has 13 heteroatoms. The van der Waals surface area contributed by atoms with Gasteiger partial charge in [0.15, 0.2) is 0 Å². The highest BCUT2D eigenvalue weighted by atomic mass is 16.7. The van der Waals surface area contributed by atoms with Gasteiger partial charge in [0.25, 0.3) is 0 Å². The number of carboxylic acids is 2. The molecule has 1 aromatic carbocycles. The maximum absolute atomic E-state index is 12.0. The minimum Gasteiger partial charge on any atom is -0.481 e. The molecule has 5 atom stereocenters. The van der Waals surface area contributed by atoms with Crippen LogP contribution in [-0.4, -0.2) is 96.8 Å². The van der Waals surface area contributed by atoms with Gasteiger partial charge < -0.3 is 50.0 Å². The van der Waals surface area contributed by atoms with Crippen molar-refractivity contribution >= 4 is 17.9 Å². The second kappa shape index (κ2) is 10.7.